The third kappa shape index (κ3) is 5.72. The number of carbonyl (C=O) groups is 1. The van der Waals surface area contributed by atoms with Crippen LogP contribution in [0.2, 0.25) is 5.02 Å². The summed E-state index contributed by atoms with van der Waals surface area (Å²) in [5.41, 5.74) is 8.12. The molecule has 0 aliphatic heterocycles. The lowest BCUT2D eigenvalue weighted by Crippen LogP contribution is -2.45. The lowest BCUT2D eigenvalue weighted by molar-refractivity contribution is -0.123. The summed E-state index contributed by atoms with van der Waals surface area (Å²) in [7, 11) is 0. The lowest BCUT2D eigenvalue weighted by Gasteiger charge is -2.12. The van der Waals surface area contributed by atoms with E-state index in [1.807, 2.05) is 32.0 Å². The van der Waals surface area contributed by atoms with E-state index in [9.17, 15) is 4.79 Å². The van der Waals surface area contributed by atoms with Crippen LogP contribution in [-0.2, 0) is 4.79 Å². The molecule has 2 rings (SSSR count). The summed E-state index contributed by atoms with van der Waals surface area (Å²) < 4.78 is 5.44. The van der Waals surface area contributed by atoms with Gasteiger partial charge in [-0.05, 0) is 73.6 Å². The minimum Gasteiger partial charge on any atom is -0.484 e. The number of carbonyl (C=O) groups excluding carboxylic acids is 1. The van der Waals surface area contributed by atoms with Crippen LogP contribution >= 0.6 is 23.8 Å². The van der Waals surface area contributed by atoms with Crippen LogP contribution in [0.1, 0.15) is 11.1 Å². The van der Waals surface area contributed by atoms with Gasteiger partial charge in [-0.3, -0.25) is 15.6 Å². The van der Waals surface area contributed by atoms with E-state index in [2.05, 4.69) is 16.2 Å². The predicted molar refractivity (Wildman–Crippen MR) is 100 cm³/mol. The summed E-state index contributed by atoms with van der Waals surface area (Å²) >= 11 is 10.9. The minimum absolute atomic E-state index is 0.112. The van der Waals surface area contributed by atoms with E-state index in [1.165, 1.54) is 5.56 Å². The Morgan fingerprint density at radius 3 is 2.46 bits per heavy atom. The molecular formula is C17H18ClN3O2S. The lowest BCUT2D eigenvalue weighted by atomic mass is 10.1. The highest BCUT2D eigenvalue weighted by Gasteiger charge is 2.05. The zero-order valence-electron chi connectivity index (χ0n) is 13.4. The Balaban J connectivity index is 1.73. The molecule has 0 aliphatic carbocycles. The van der Waals surface area contributed by atoms with Crippen LogP contribution in [0, 0.1) is 13.8 Å². The summed E-state index contributed by atoms with van der Waals surface area (Å²) in [6.07, 6.45) is 0. The number of amides is 1. The van der Waals surface area contributed by atoms with E-state index < -0.39 is 0 Å². The summed E-state index contributed by atoms with van der Waals surface area (Å²) in [6.45, 7) is 3.90. The van der Waals surface area contributed by atoms with Crippen molar-refractivity contribution in [1.29, 1.82) is 0 Å². The van der Waals surface area contributed by atoms with E-state index in [0.717, 1.165) is 11.3 Å². The molecular weight excluding hydrogens is 346 g/mol. The van der Waals surface area contributed by atoms with Gasteiger partial charge in [-0.1, -0.05) is 17.7 Å². The third-order valence-electron chi connectivity index (χ3n) is 3.27. The van der Waals surface area contributed by atoms with Gasteiger partial charge in [-0.25, -0.2) is 0 Å². The van der Waals surface area contributed by atoms with E-state index >= 15 is 0 Å². The van der Waals surface area contributed by atoms with Gasteiger partial charge in [0.1, 0.15) is 5.75 Å². The average Bonchev–Trinajstić information content (AvgIpc) is 2.56. The van der Waals surface area contributed by atoms with Crippen molar-refractivity contribution in [2.75, 3.05) is 11.9 Å². The standard InChI is InChI=1S/C17H18ClN3O2S/c1-11-3-8-15(9-12(11)2)23-10-16(22)20-21-17(24)19-14-6-4-13(18)5-7-14/h3-9H,10H2,1-2H3,(H,20,22)(H2,19,21,24). The topological polar surface area (TPSA) is 62.4 Å². The van der Waals surface area contributed by atoms with Crippen LogP contribution in [0.15, 0.2) is 42.5 Å². The van der Waals surface area contributed by atoms with Crippen LogP contribution in [0.5, 0.6) is 5.75 Å². The molecule has 0 saturated carbocycles. The molecule has 0 fully saturated rings. The number of benzene rings is 2. The number of anilines is 1. The first-order chi connectivity index (χ1) is 11.4. The Morgan fingerprint density at radius 2 is 1.79 bits per heavy atom. The molecule has 0 aromatic heterocycles. The Morgan fingerprint density at radius 1 is 1.08 bits per heavy atom. The quantitative estimate of drug-likeness (QED) is 0.574. The van der Waals surface area contributed by atoms with Crippen molar-refractivity contribution in [1.82, 2.24) is 10.9 Å². The number of hydrazine groups is 1. The first-order valence-corrected chi connectivity index (χ1v) is 8.04. The van der Waals surface area contributed by atoms with Gasteiger partial charge in [-0.2, -0.15) is 0 Å². The fourth-order valence-electron chi connectivity index (χ4n) is 1.81. The fourth-order valence-corrected chi connectivity index (χ4v) is 2.11. The number of nitrogens with one attached hydrogen (secondary N) is 3. The molecule has 0 bridgehead atoms. The number of rotatable bonds is 4. The molecule has 0 unspecified atom stereocenters. The minimum atomic E-state index is -0.339. The normalized spacial score (nSPS) is 9.96. The van der Waals surface area contributed by atoms with E-state index in [0.29, 0.717) is 10.8 Å². The van der Waals surface area contributed by atoms with E-state index in [-0.39, 0.29) is 17.6 Å². The molecule has 0 atom stereocenters. The molecule has 0 saturated heterocycles. The Hall–Kier alpha value is -2.31. The average molecular weight is 364 g/mol. The van der Waals surface area contributed by atoms with Gasteiger partial charge < -0.3 is 10.1 Å². The van der Waals surface area contributed by atoms with Gasteiger partial charge >= 0.3 is 0 Å². The van der Waals surface area contributed by atoms with Crippen molar-refractivity contribution >= 4 is 40.5 Å². The largest absolute Gasteiger partial charge is 0.484 e. The maximum atomic E-state index is 11.8. The van der Waals surface area contributed by atoms with Crippen LogP contribution in [0.4, 0.5) is 5.69 Å². The molecule has 0 radical (unpaired) electrons. The molecule has 24 heavy (non-hydrogen) atoms. The molecule has 2 aromatic carbocycles. The first kappa shape index (κ1) is 18.0. The predicted octanol–water partition coefficient (Wildman–Crippen LogP) is 3.35. The second-order valence-corrected chi connectivity index (χ2v) is 6.01. The zero-order chi connectivity index (χ0) is 17.5. The molecule has 0 aliphatic rings. The van der Waals surface area contributed by atoms with Crippen LogP contribution < -0.4 is 20.9 Å². The fraction of sp³-hybridized carbons (Fsp3) is 0.176. The number of halogens is 1. The SMILES string of the molecule is Cc1ccc(OCC(=O)NNC(=S)Nc2ccc(Cl)cc2)cc1C. The highest BCUT2D eigenvalue weighted by Crippen LogP contribution is 2.16. The molecule has 5 nitrogen and oxygen atoms in total. The Kier molecular flexibility index (Phi) is 6.40. The van der Waals surface area contributed by atoms with Crippen LogP contribution in [-0.4, -0.2) is 17.6 Å². The summed E-state index contributed by atoms with van der Waals surface area (Å²) in [4.78, 5) is 11.8. The number of hydrogen-bond acceptors (Lipinski definition) is 3. The Bertz CT molecular complexity index is 735. The number of aryl methyl sites for hydroxylation is 2. The van der Waals surface area contributed by atoms with E-state index in [4.69, 9.17) is 28.6 Å². The van der Waals surface area contributed by atoms with Gasteiger partial charge in [-0.15, -0.1) is 0 Å². The van der Waals surface area contributed by atoms with Crippen molar-refractivity contribution in [3.63, 3.8) is 0 Å². The molecule has 0 heterocycles. The second kappa shape index (κ2) is 8.52. The Labute approximate surface area is 151 Å². The molecule has 3 N–H and O–H groups in total. The summed E-state index contributed by atoms with van der Waals surface area (Å²) in [5, 5.41) is 3.81. The van der Waals surface area contributed by atoms with Crippen molar-refractivity contribution in [3.05, 3.63) is 58.6 Å². The zero-order valence-corrected chi connectivity index (χ0v) is 14.9. The van der Waals surface area contributed by atoms with Gasteiger partial charge in [0.05, 0.1) is 0 Å². The van der Waals surface area contributed by atoms with Gasteiger partial charge in [0.2, 0.25) is 0 Å². The van der Waals surface area contributed by atoms with Crippen molar-refractivity contribution in [3.8, 4) is 5.75 Å². The molecule has 1 amide bonds. The number of ether oxygens (including phenoxy) is 1. The smallest absolute Gasteiger partial charge is 0.276 e. The third-order valence-corrected chi connectivity index (χ3v) is 3.72. The second-order valence-electron chi connectivity index (χ2n) is 5.17. The van der Waals surface area contributed by atoms with Gasteiger partial charge in [0.25, 0.3) is 5.91 Å². The van der Waals surface area contributed by atoms with Crippen LogP contribution in [0.25, 0.3) is 0 Å². The summed E-state index contributed by atoms with van der Waals surface area (Å²) in [6, 6.07) is 12.7. The highest BCUT2D eigenvalue weighted by molar-refractivity contribution is 7.80. The molecule has 126 valence electrons. The monoisotopic (exact) mass is 363 g/mol. The number of thiocarbonyl (C=S) groups is 1. The first-order valence-electron chi connectivity index (χ1n) is 7.25. The van der Waals surface area contributed by atoms with Crippen LogP contribution in [0.3, 0.4) is 0 Å². The van der Waals surface area contributed by atoms with Gasteiger partial charge in [0.15, 0.2) is 11.7 Å². The summed E-state index contributed by atoms with van der Waals surface area (Å²) in [5.74, 6) is 0.309. The highest BCUT2D eigenvalue weighted by atomic mass is 35.5. The maximum absolute atomic E-state index is 11.8. The molecule has 7 heteroatoms. The van der Waals surface area contributed by atoms with Gasteiger partial charge in [0, 0.05) is 10.7 Å². The van der Waals surface area contributed by atoms with Crippen molar-refractivity contribution in [2.24, 2.45) is 0 Å². The maximum Gasteiger partial charge on any atom is 0.276 e. The van der Waals surface area contributed by atoms with Crippen molar-refractivity contribution < 1.29 is 9.53 Å². The van der Waals surface area contributed by atoms with E-state index in [1.54, 1.807) is 24.3 Å². The van der Waals surface area contributed by atoms with Crippen molar-refractivity contribution in [2.45, 2.75) is 13.8 Å². The molecule has 0 spiro atoms. The number of hydrogen-bond donors (Lipinski definition) is 3. The molecule has 2 aromatic rings.